The Morgan fingerprint density at radius 2 is 1.60 bits per heavy atom. The second-order valence-corrected chi connectivity index (χ2v) is 10.3. The van der Waals surface area contributed by atoms with Crippen molar-refractivity contribution >= 4 is 23.1 Å². The van der Waals surface area contributed by atoms with Crippen LogP contribution in [0.1, 0.15) is 41.5 Å². The Hall–Kier alpha value is -4.35. The lowest BCUT2D eigenvalue weighted by molar-refractivity contribution is -0.201. The lowest BCUT2D eigenvalue weighted by atomic mass is 9.76. The molecular weight excluding hydrogens is 581 g/mol. The summed E-state index contributed by atoms with van der Waals surface area (Å²) in [7, 11) is 0. The molecule has 12 heteroatoms. The molecule has 1 unspecified atom stereocenters. The van der Waals surface area contributed by atoms with Crippen molar-refractivity contribution in [2.45, 2.75) is 51.0 Å². The summed E-state index contributed by atoms with van der Waals surface area (Å²) in [6.07, 6.45) is -11.7. The summed E-state index contributed by atoms with van der Waals surface area (Å²) in [5.41, 5.74) is -2.76. The summed E-state index contributed by atoms with van der Waals surface area (Å²) in [6, 6.07) is 14.6. The highest BCUT2D eigenvalue weighted by Crippen LogP contribution is 2.48. The van der Waals surface area contributed by atoms with Crippen LogP contribution in [0.5, 0.6) is 5.75 Å². The van der Waals surface area contributed by atoms with Crippen molar-refractivity contribution in [3.8, 4) is 5.75 Å². The summed E-state index contributed by atoms with van der Waals surface area (Å²) in [6.45, 7) is 2.97. The van der Waals surface area contributed by atoms with Gasteiger partial charge in [0.2, 0.25) is 0 Å². The largest absolute Gasteiger partial charge is 0.494 e. The van der Waals surface area contributed by atoms with Crippen molar-refractivity contribution in [2.75, 3.05) is 11.9 Å². The number of amides is 2. The zero-order valence-corrected chi connectivity index (χ0v) is 23.0. The third-order valence-electron chi connectivity index (χ3n) is 7.06. The Morgan fingerprint density at radius 3 is 2.19 bits per heavy atom. The van der Waals surface area contributed by atoms with Gasteiger partial charge in [-0.15, -0.1) is 0 Å². The van der Waals surface area contributed by atoms with E-state index in [1.807, 2.05) is 5.32 Å². The van der Waals surface area contributed by atoms with Gasteiger partial charge >= 0.3 is 12.4 Å². The Labute approximate surface area is 242 Å². The van der Waals surface area contributed by atoms with Crippen LogP contribution in [0.2, 0.25) is 0 Å². The van der Waals surface area contributed by atoms with E-state index in [9.17, 15) is 40.3 Å². The summed E-state index contributed by atoms with van der Waals surface area (Å²) < 4.78 is 101. The summed E-state index contributed by atoms with van der Waals surface area (Å²) in [5, 5.41) is 4.40. The maximum Gasteiger partial charge on any atom is 0.416 e. The van der Waals surface area contributed by atoms with Crippen LogP contribution in [0.25, 0.3) is 5.57 Å². The molecule has 0 aromatic heterocycles. The number of hydrogen-bond donors (Lipinski definition) is 2. The number of benzene rings is 3. The third kappa shape index (κ3) is 7.18. The Bertz CT molecular complexity index is 1530. The number of carbonyl (C=O) groups excluding carboxylic acids is 2. The lowest BCUT2D eigenvalue weighted by Gasteiger charge is -2.41. The number of halogens is 7. The van der Waals surface area contributed by atoms with Gasteiger partial charge in [-0.3, -0.25) is 9.59 Å². The topological polar surface area (TPSA) is 67.4 Å². The highest BCUT2D eigenvalue weighted by Gasteiger charge is 2.60. The molecule has 0 aliphatic carbocycles. The van der Waals surface area contributed by atoms with E-state index in [-0.39, 0.29) is 41.2 Å². The van der Waals surface area contributed by atoms with Crippen LogP contribution in [0.4, 0.5) is 36.4 Å². The number of alkyl halides is 6. The summed E-state index contributed by atoms with van der Waals surface area (Å²) in [4.78, 5) is 26.8. The van der Waals surface area contributed by atoms with Crippen LogP contribution in [-0.2, 0) is 15.1 Å². The van der Waals surface area contributed by atoms with Crippen molar-refractivity contribution in [1.82, 2.24) is 5.32 Å². The molecule has 0 fully saturated rings. The van der Waals surface area contributed by atoms with Gasteiger partial charge in [-0.05, 0) is 66.8 Å². The van der Waals surface area contributed by atoms with Crippen molar-refractivity contribution in [3.05, 3.63) is 100 Å². The lowest BCUT2D eigenvalue weighted by Crippen LogP contribution is -2.59. The number of ether oxygens (including phenoxy) is 1. The average Bonchev–Trinajstić information content (AvgIpc) is 2.92. The highest BCUT2D eigenvalue weighted by molar-refractivity contribution is 6.28. The monoisotopic (exact) mass is 608 g/mol. The maximum absolute atomic E-state index is 14.9. The van der Waals surface area contributed by atoms with Crippen LogP contribution in [0.15, 0.2) is 72.3 Å². The number of aryl methyl sites for hydroxylation is 2. The minimum atomic E-state index is -5.05. The molecular formula is C31H27F7N2O3. The first-order chi connectivity index (χ1) is 20.1. The van der Waals surface area contributed by atoms with Gasteiger partial charge in [0, 0.05) is 18.5 Å². The molecule has 0 radical (unpaired) electrons. The zero-order chi connectivity index (χ0) is 31.6. The molecule has 228 valence electrons. The molecule has 5 nitrogen and oxygen atoms in total. The molecule has 0 spiro atoms. The van der Waals surface area contributed by atoms with Crippen molar-refractivity contribution < 1.29 is 45.1 Å². The Morgan fingerprint density at radius 1 is 0.953 bits per heavy atom. The van der Waals surface area contributed by atoms with Crippen LogP contribution in [-0.4, -0.2) is 30.8 Å². The van der Waals surface area contributed by atoms with E-state index in [0.717, 1.165) is 23.8 Å². The molecule has 2 amide bonds. The smallest absolute Gasteiger partial charge is 0.416 e. The van der Waals surface area contributed by atoms with Crippen molar-refractivity contribution in [2.24, 2.45) is 0 Å². The molecule has 1 aliphatic rings. The standard InChI is InChI=1S/C31H27F7N2O3/c1-18-4-7-20(8-5-18)24-17-29(31(36,37)38,21-9-12-23(13-10-21)43-15-3-14-30(33,34)35)40-28(42)26(24)27(41)39-22-11-6-19(2)25(32)16-22/h4-13,16H,3,14-15,17H2,1-2H3,(H,39,41)(H,40,42). The fourth-order valence-corrected chi connectivity index (χ4v) is 4.70. The molecule has 4 rings (SSSR count). The number of rotatable bonds is 8. The van der Waals surface area contributed by atoms with Gasteiger partial charge in [0.25, 0.3) is 11.8 Å². The predicted molar refractivity (Wildman–Crippen MR) is 146 cm³/mol. The maximum atomic E-state index is 14.9. The normalized spacial score (nSPS) is 17.5. The van der Waals surface area contributed by atoms with E-state index in [1.165, 1.54) is 43.3 Å². The molecule has 1 heterocycles. The minimum absolute atomic E-state index is 0.00939. The number of hydrogen-bond acceptors (Lipinski definition) is 3. The van der Waals surface area contributed by atoms with Gasteiger partial charge in [0.05, 0.1) is 6.61 Å². The van der Waals surface area contributed by atoms with Crippen LogP contribution >= 0.6 is 0 Å². The minimum Gasteiger partial charge on any atom is -0.494 e. The van der Waals surface area contributed by atoms with Crippen molar-refractivity contribution in [3.63, 3.8) is 0 Å². The Kier molecular flexibility index (Phi) is 8.89. The second-order valence-electron chi connectivity index (χ2n) is 10.3. The van der Waals surface area contributed by atoms with Crippen molar-refractivity contribution in [1.29, 1.82) is 0 Å². The average molecular weight is 609 g/mol. The highest BCUT2D eigenvalue weighted by atomic mass is 19.4. The first-order valence-electron chi connectivity index (χ1n) is 13.2. The van der Waals surface area contributed by atoms with Gasteiger partial charge in [0.1, 0.15) is 17.1 Å². The van der Waals surface area contributed by atoms with E-state index in [1.54, 1.807) is 19.1 Å². The molecule has 0 bridgehead atoms. The van der Waals surface area contributed by atoms with Gasteiger partial charge in [0.15, 0.2) is 5.54 Å². The molecule has 2 N–H and O–H groups in total. The fraction of sp³-hybridized carbons (Fsp3) is 0.290. The van der Waals surface area contributed by atoms with Gasteiger partial charge < -0.3 is 15.4 Å². The van der Waals surface area contributed by atoms with Gasteiger partial charge in [-0.2, -0.15) is 26.3 Å². The molecule has 3 aromatic carbocycles. The number of anilines is 1. The SMILES string of the molecule is Cc1ccc(C2=C(C(=O)Nc3ccc(C)c(F)c3)C(=O)NC(c3ccc(OCCCC(F)(F)F)cc3)(C(F)(F)F)C2)cc1. The molecule has 43 heavy (non-hydrogen) atoms. The van der Waals surface area contributed by atoms with Crippen LogP contribution in [0.3, 0.4) is 0 Å². The fourth-order valence-electron chi connectivity index (χ4n) is 4.70. The molecule has 1 atom stereocenters. The zero-order valence-electron chi connectivity index (χ0n) is 23.0. The van der Waals surface area contributed by atoms with Crippen LogP contribution in [0, 0.1) is 19.7 Å². The molecule has 3 aromatic rings. The molecule has 1 aliphatic heterocycles. The predicted octanol–water partition coefficient (Wildman–Crippen LogP) is 7.53. The van der Waals surface area contributed by atoms with Crippen LogP contribution < -0.4 is 15.4 Å². The number of carbonyl (C=O) groups is 2. The van der Waals surface area contributed by atoms with E-state index in [2.05, 4.69) is 5.32 Å². The van der Waals surface area contributed by atoms with E-state index in [4.69, 9.17) is 4.74 Å². The Balaban J connectivity index is 1.72. The van der Waals surface area contributed by atoms with E-state index >= 15 is 0 Å². The summed E-state index contributed by atoms with van der Waals surface area (Å²) in [5.74, 6) is -2.89. The summed E-state index contributed by atoms with van der Waals surface area (Å²) >= 11 is 0. The quantitative estimate of drug-likeness (QED) is 0.158. The second kappa shape index (κ2) is 12.1. The molecule has 0 saturated carbocycles. The third-order valence-corrected chi connectivity index (χ3v) is 7.06. The van der Waals surface area contributed by atoms with Gasteiger partial charge in [-0.25, -0.2) is 4.39 Å². The van der Waals surface area contributed by atoms with E-state index in [0.29, 0.717) is 5.56 Å². The number of nitrogens with one attached hydrogen (secondary N) is 2. The molecule has 0 saturated heterocycles. The first kappa shape index (κ1) is 31.6. The van der Waals surface area contributed by atoms with E-state index < -0.39 is 53.9 Å². The van der Waals surface area contributed by atoms with Gasteiger partial charge in [-0.1, -0.05) is 48.0 Å². The first-order valence-corrected chi connectivity index (χ1v) is 13.2.